The maximum absolute atomic E-state index is 13.2. The van der Waals surface area contributed by atoms with Gasteiger partial charge in [0.1, 0.15) is 25.0 Å². The lowest BCUT2D eigenvalue weighted by Gasteiger charge is -2.29. The van der Waals surface area contributed by atoms with E-state index in [1.54, 1.807) is 0 Å². The average Bonchev–Trinajstić information content (AvgIpc) is 2.83. The van der Waals surface area contributed by atoms with Crippen LogP contribution in [0.1, 0.15) is 66.4 Å². The number of carbonyl (C=O) groups is 4. The van der Waals surface area contributed by atoms with Gasteiger partial charge in [-0.05, 0) is 29.7 Å². The van der Waals surface area contributed by atoms with Crippen molar-refractivity contribution in [2.75, 3.05) is 0 Å². The van der Waals surface area contributed by atoms with E-state index in [0.717, 1.165) is 11.8 Å². The van der Waals surface area contributed by atoms with Crippen LogP contribution in [-0.4, -0.2) is 42.3 Å². The molecule has 34 heavy (non-hydrogen) atoms. The third-order valence-electron chi connectivity index (χ3n) is 5.99. The lowest BCUT2D eigenvalue weighted by molar-refractivity contribution is -0.132. The molecule has 8 nitrogen and oxygen atoms in total. The average molecular weight is 476 g/mol. The molecule has 8 heteroatoms. The zero-order valence-corrected chi connectivity index (χ0v) is 21.3. The summed E-state index contributed by atoms with van der Waals surface area (Å²) >= 11 is 0. The third-order valence-corrected chi connectivity index (χ3v) is 5.99. The molecule has 0 saturated heterocycles. The molecule has 5 atom stereocenters. The summed E-state index contributed by atoms with van der Waals surface area (Å²) in [6.45, 7) is 11.6. The summed E-state index contributed by atoms with van der Waals surface area (Å²) < 4.78 is 5.28. The van der Waals surface area contributed by atoms with E-state index < -0.39 is 36.0 Å². The summed E-state index contributed by atoms with van der Waals surface area (Å²) in [5.74, 6) is -0.993. The van der Waals surface area contributed by atoms with E-state index in [9.17, 15) is 19.2 Å². The molecular formula is C26H41N3O5. The number of aldehydes is 1. The van der Waals surface area contributed by atoms with Gasteiger partial charge < -0.3 is 25.5 Å². The van der Waals surface area contributed by atoms with Gasteiger partial charge in [-0.15, -0.1) is 0 Å². The molecule has 190 valence electrons. The summed E-state index contributed by atoms with van der Waals surface area (Å²) in [6.07, 6.45) is 1.82. The summed E-state index contributed by atoms with van der Waals surface area (Å²) in [5, 5.41) is 8.21. The Bertz CT molecular complexity index is 784. The number of amides is 3. The second-order valence-corrected chi connectivity index (χ2v) is 9.32. The van der Waals surface area contributed by atoms with Crippen molar-refractivity contribution in [2.45, 2.75) is 85.5 Å². The Morgan fingerprint density at radius 2 is 1.38 bits per heavy atom. The summed E-state index contributed by atoms with van der Waals surface area (Å²) in [6, 6.07) is 6.93. The molecule has 0 saturated carbocycles. The van der Waals surface area contributed by atoms with Gasteiger partial charge in [-0.3, -0.25) is 9.59 Å². The maximum Gasteiger partial charge on any atom is 0.408 e. The highest BCUT2D eigenvalue weighted by Gasteiger charge is 2.33. The molecule has 0 fully saturated rings. The van der Waals surface area contributed by atoms with Crippen LogP contribution in [-0.2, 0) is 25.7 Å². The van der Waals surface area contributed by atoms with Crippen LogP contribution >= 0.6 is 0 Å². The van der Waals surface area contributed by atoms with E-state index in [1.165, 1.54) is 0 Å². The predicted octanol–water partition coefficient (Wildman–Crippen LogP) is 3.59. The number of alkyl carbamates (subject to hydrolysis) is 1. The summed E-state index contributed by atoms with van der Waals surface area (Å²) in [7, 11) is 0. The van der Waals surface area contributed by atoms with Crippen LogP contribution in [0, 0.1) is 17.8 Å². The molecule has 3 amide bonds. The number of ether oxygens (including phenoxy) is 1. The molecular weight excluding hydrogens is 434 g/mol. The highest BCUT2D eigenvalue weighted by molar-refractivity contribution is 5.92. The Morgan fingerprint density at radius 1 is 0.853 bits per heavy atom. The van der Waals surface area contributed by atoms with Crippen molar-refractivity contribution in [3.8, 4) is 0 Å². The SMILES string of the molecule is CCC(C)C(NC(=O)OCc1ccccc1)C(=O)NC(C(=O)NC(C=O)CC(C)C)C(C)CC. The van der Waals surface area contributed by atoms with Crippen LogP contribution in [0.5, 0.6) is 0 Å². The minimum absolute atomic E-state index is 0.0857. The quantitative estimate of drug-likeness (QED) is 0.356. The Hall–Kier alpha value is -2.90. The van der Waals surface area contributed by atoms with Crippen LogP contribution in [0.4, 0.5) is 4.79 Å². The van der Waals surface area contributed by atoms with Crippen molar-refractivity contribution in [3.63, 3.8) is 0 Å². The molecule has 0 bridgehead atoms. The normalized spacial score (nSPS) is 15.4. The fourth-order valence-electron chi connectivity index (χ4n) is 3.47. The molecule has 0 spiro atoms. The van der Waals surface area contributed by atoms with Gasteiger partial charge in [0.05, 0.1) is 6.04 Å². The Morgan fingerprint density at radius 3 is 1.88 bits per heavy atom. The number of rotatable bonds is 14. The monoisotopic (exact) mass is 475 g/mol. The van der Waals surface area contributed by atoms with Crippen LogP contribution in [0.2, 0.25) is 0 Å². The van der Waals surface area contributed by atoms with Crippen molar-refractivity contribution >= 4 is 24.2 Å². The van der Waals surface area contributed by atoms with Crippen molar-refractivity contribution in [1.29, 1.82) is 0 Å². The van der Waals surface area contributed by atoms with Gasteiger partial charge in [-0.2, -0.15) is 0 Å². The predicted molar refractivity (Wildman–Crippen MR) is 132 cm³/mol. The van der Waals surface area contributed by atoms with Gasteiger partial charge >= 0.3 is 6.09 Å². The zero-order chi connectivity index (χ0) is 25.7. The number of hydrogen-bond donors (Lipinski definition) is 3. The number of carbonyl (C=O) groups excluding carboxylic acids is 4. The second-order valence-electron chi connectivity index (χ2n) is 9.32. The summed E-state index contributed by atoms with van der Waals surface area (Å²) in [4.78, 5) is 50.0. The highest BCUT2D eigenvalue weighted by atomic mass is 16.5. The van der Waals surface area contributed by atoms with Gasteiger partial charge in [0.2, 0.25) is 11.8 Å². The molecule has 3 N–H and O–H groups in total. The van der Waals surface area contributed by atoms with Crippen LogP contribution in [0.15, 0.2) is 30.3 Å². The van der Waals surface area contributed by atoms with Gasteiger partial charge in [0, 0.05) is 0 Å². The van der Waals surface area contributed by atoms with E-state index in [1.807, 2.05) is 71.9 Å². The van der Waals surface area contributed by atoms with Gasteiger partial charge in [-0.1, -0.05) is 84.7 Å². The molecule has 0 radical (unpaired) electrons. The Kier molecular flexibility index (Phi) is 12.9. The van der Waals surface area contributed by atoms with Crippen LogP contribution in [0.3, 0.4) is 0 Å². The van der Waals surface area contributed by atoms with Crippen molar-refractivity contribution in [3.05, 3.63) is 35.9 Å². The smallest absolute Gasteiger partial charge is 0.408 e. The van der Waals surface area contributed by atoms with E-state index in [2.05, 4.69) is 16.0 Å². The lowest BCUT2D eigenvalue weighted by atomic mass is 9.94. The third kappa shape index (κ3) is 9.93. The van der Waals surface area contributed by atoms with E-state index in [4.69, 9.17) is 4.74 Å². The Balaban J connectivity index is 2.89. The second kappa shape index (κ2) is 15.1. The van der Waals surface area contributed by atoms with Crippen molar-refractivity contribution in [1.82, 2.24) is 16.0 Å². The van der Waals surface area contributed by atoms with Crippen molar-refractivity contribution < 1.29 is 23.9 Å². The first-order valence-electron chi connectivity index (χ1n) is 12.2. The molecule has 5 unspecified atom stereocenters. The standard InChI is InChI=1S/C26H41N3O5/c1-7-18(5)22(24(31)27-21(15-30)14-17(3)4)28-25(32)23(19(6)8-2)29-26(33)34-16-20-12-10-9-11-13-20/h9-13,15,17-19,21-23H,7-8,14,16H2,1-6H3,(H,27,31)(H,28,32)(H,29,33). The highest BCUT2D eigenvalue weighted by Crippen LogP contribution is 2.13. The first kappa shape index (κ1) is 29.1. The van der Waals surface area contributed by atoms with Gasteiger partial charge in [0.15, 0.2) is 0 Å². The van der Waals surface area contributed by atoms with Gasteiger partial charge in [-0.25, -0.2) is 4.79 Å². The Labute approximate surface area is 203 Å². The minimum atomic E-state index is -0.870. The molecule has 0 heterocycles. The topological polar surface area (TPSA) is 114 Å². The summed E-state index contributed by atoms with van der Waals surface area (Å²) in [5.41, 5.74) is 0.835. The van der Waals surface area contributed by atoms with Crippen LogP contribution in [0.25, 0.3) is 0 Å². The molecule has 0 aliphatic rings. The van der Waals surface area contributed by atoms with E-state index in [-0.39, 0.29) is 24.4 Å². The number of benzene rings is 1. The minimum Gasteiger partial charge on any atom is -0.445 e. The number of hydrogen-bond acceptors (Lipinski definition) is 5. The largest absolute Gasteiger partial charge is 0.445 e. The first-order chi connectivity index (χ1) is 16.1. The van der Waals surface area contributed by atoms with Gasteiger partial charge in [0.25, 0.3) is 0 Å². The number of nitrogens with one attached hydrogen (secondary N) is 3. The fourth-order valence-corrected chi connectivity index (χ4v) is 3.47. The molecule has 0 aromatic heterocycles. The molecule has 1 rings (SSSR count). The molecule has 1 aromatic rings. The first-order valence-corrected chi connectivity index (χ1v) is 12.2. The van der Waals surface area contributed by atoms with Crippen LogP contribution < -0.4 is 16.0 Å². The fraction of sp³-hybridized carbons (Fsp3) is 0.615. The van der Waals surface area contributed by atoms with E-state index >= 15 is 0 Å². The van der Waals surface area contributed by atoms with E-state index in [0.29, 0.717) is 19.3 Å². The molecule has 1 aromatic carbocycles. The molecule has 0 aliphatic heterocycles. The zero-order valence-electron chi connectivity index (χ0n) is 21.3. The lowest BCUT2D eigenvalue weighted by Crippen LogP contribution is -2.58. The van der Waals surface area contributed by atoms with Crippen molar-refractivity contribution in [2.24, 2.45) is 17.8 Å². The molecule has 0 aliphatic carbocycles. The maximum atomic E-state index is 13.2.